The number of fused-ring (bicyclic) bond motifs is 1. The van der Waals surface area contributed by atoms with Crippen LogP contribution in [0.15, 0.2) is 151 Å². The van der Waals surface area contributed by atoms with Crippen molar-refractivity contribution in [2.45, 2.75) is 5.16 Å². The number of hydrogen-bond donors (Lipinski definition) is 1. The predicted octanol–water partition coefficient (Wildman–Crippen LogP) is 9.43. The maximum atomic E-state index is 13.1. The van der Waals surface area contributed by atoms with E-state index in [2.05, 4.69) is 15.5 Å². The van der Waals surface area contributed by atoms with Crippen LogP contribution in [0.25, 0.3) is 45.3 Å². The number of carbonyl (C=O) groups excluding carboxylic acids is 2. The standard InChI is InChI=1S/C40H28ClN5O2S/c41-30-20-15-27(16-21-30)17-24-37(47)29-18-22-31(23-19-29)42-38(48)26-49-40-45-44-39(46(40)32-11-5-2-6-12-32)34-25-36(28-9-3-1-4-10-28)43-35-14-8-7-13-33(34)35/h1-25H,26H2,(H,42,48)/b24-17+. The predicted molar refractivity (Wildman–Crippen MR) is 198 cm³/mol. The summed E-state index contributed by atoms with van der Waals surface area (Å²) in [6.45, 7) is 0. The first kappa shape index (κ1) is 31.8. The summed E-state index contributed by atoms with van der Waals surface area (Å²) in [7, 11) is 0. The van der Waals surface area contributed by atoms with Crippen LogP contribution in [-0.2, 0) is 4.79 Å². The first-order valence-corrected chi connectivity index (χ1v) is 16.9. The lowest BCUT2D eigenvalue weighted by molar-refractivity contribution is -0.113. The smallest absolute Gasteiger partial charge is 0.234 e. The lowest BCUT2D eigenvalue weighted by Gasteiger charge is -2.13. The Morgan fingerprint density at radius 3 is 2.22 bits per heavy atom. The van der Waals surface area contributed by atoms with E-state index in [1.54, 1.807) is 42.5 Å². The van der Waals surface area contributed by atoms with Crippen LogP contribution < -0.4 is 5.32 Å². The number of amides is 1. The molecule has 5 aromatic carbocycles. The van der Waals surface area contributed by atoms with Crippen molar-refractivity contribution in [1.29, 1.82) is 0 Å². The number of anilines is 1. The van der Waals surface area contributed by atoms with E-state index in [4.69, 9.17) is 16.6 Å². The van der Waals surface area contributed by atoms with Crippen molar-refractivity contribution in [3.05, 3.63) is 162 Å². The lowest BCUT2D eigenvalue weighted by atomic mass is 10.0. The van der Waals surface area contributed by atoms with E-state index in [1.165, 1.54) is 17.8 Å². The molecule has 0 aliphatic heterocycles. The molecular weight excluding hydrogens is 650 g/mol. The van der Waals surface area contributed by atoms with Gasteiger partial charge in [0.25, 0.3) is 0 Å². The Balaban J connectivity index is 1.11. The average molecular weight is 678 g/mol. The summed E-state index contributed by atoms with van der Waals surface area (Å²) in [5, 5.41) is 14.3. The number of thioether (sulfide) groups is 1. The van der Waals surface area contributed by atoms with Gasteiger partial charge in [-0.25, -0.2) is 4.98 Å². The summed E-state index contributed by atoms with van der Waals surface area (Å²) in [5.41, 5.74) is 6.41. The van der Waals surface area contributed by atoms with Crippen LogP contribution in [-0.4, -0.2) is 37.2 Å². The summed E-state index contributed by atoms with van der Waals surface area (Å²) >= 11 is 7.23. The third kappa shape index (κ3) is 7.36. The zero-order valence-electron chi connectivity index (χ0n) is 26.0. The molecule has 0 unspecified atom stereocenters. The molecule has 7 nitrogen and oxygen atoms in total. The largest absolute Gasteiger partial charge is 0.325 e. The average Bonchev–Trinajstić information content (AvgIpc) is 3.58. The Kier molecular flexibility index (Phi) is 9.41. The highest BCUT2D eigenvalue weighted by molar-refractivity contribution is 7.99. The number of ketones is 1. The summed E-state index contributed by atoms with van der Waals surface area (Å²) < 4.78 is 1.98. The van der Waals surface area contributed by atoms with Gasteiger partial charge in [0, 0.05) is 38.5 Å². The van der Waals surface area contributed by atoms with Gasteiger partial charge in [0.15, 0.2) is 16.8 Å². The van der Waals surface area contributed by atoms with Crippen molar-refractivity contribution < 1.29 is 9.59 Å². The molecule has 0 aliphatic rings. The normalized spacial score (nSPS) is 11.2. The quantitative estimate of drug-likeness (QED) is 0.0881. The van der Waals surface area contributed by atoms with E-state index in [0.29, 0.717) is 27.3 Å². The second-order valence-electron chi connectivity index (χ2n) is 11.1. The fourth-order valence-electron chi connectivity index (χ4n) is 5.35. The van der Waals surface area contributed by atoms with E-state index < -0.39 is 0 Å². The van der Waals surface area contributed by atoms with Crippen LogP contribution in [0.5, 0.6) is 0 Å². The van der Waals surface area contributed by atoms with E-state index >= 15 is 0 Å². The van der Waals surface area contributed by atoms with Gasteiger partial charge in [-0.15, -0.1) is 10.2 Å². The van der Waals surface area contributed by atoms with Crippen molar-refractivity contribution in [2.75, 3.05) is 11.1 Å². The van der Waals surface area contributed by atoms with Crippen molar-refractivity contribution in [1.82, 2.24) is 19.7 Å². The number of benzene rings is 5. The van der Waals surface area contributed by atoms with Crippen LogP contribution in [0.3, 0.4) is 0 Å². The Hall–Kier alpha value is -5.83. The molecule has 0 saturated carbocycles. The number of hydrogen-bond acceptors (Lipinski definition) is 6. The van der Waals surface area contributed by atoms with Crippen LogP contribution in [0.1, 0.15) is 15.9 Å². The van der Waals surface area contributed by atoms with Crippen molar-refractivity contribution in [3.63, 3.8) is 0 Å². The lowest BCUT2D eigenvalue weighted by Crippen LogP contribution is -2.14. The molecule has 0 bridgehead atoms. The van der Waals surface area contributed by atoms with Crippen LogP contribution >= 0.6 is 23.4 Å². The van der Waals surface area contributed by atoms with Crippen LogP contribution in [0.2, 0.25) is 5.02 Å². The second kappa shape index (κ2) is 14.5. The Bertz CT molecular complexity index is 2290. The zero-order chi connectivity index (χ0) is 33.6. The maximum absolute atomic E-state index is 13.1. The number of nitrogens with one attached hydrogen (secondary N) is 1. The van der Waals surface area contributed by atoms with Gasteiger partial charge in [0.2, 0.25) is 5.91 Å². The van der Waals surface area contributed by atoms with E-state index in [9.17, 15) is 9.59 Å². The summed E-state index contributed by atoms with van der Waals surface area (Å²) in [4.78, 5) is 30.7. The SMILES string of the molecule is O=C(CSc1nnc(-c2cc(-c3ccccc3)nc3ccccc23)n1-c1ccccc1)Nc1ccc(C(=O)/C=C/c2ccc(Cl)cc2)cc1. The molecule has 0 radical (unpaired) electrons. The van der Waals surface area contributed by atoms with Crippen molar-refractivity contribution >= 4 is 57.7 Å². The summed E-state index contributed by atoms with van der Waals surface area (Å²) in [6, 6.07) is 44.0. The minimum atomic E-state index is -0.211. The molecule has 1 amide bonds. The Morgan fingerprint density at radius 2 is 1.47 bits per heavy atom. The van der Waals surface area contributed by atoms with Crippen LogP contribution in [0, 0.1) is 0 Å². The number of pyridine rings is 1. The van der Waals surface area contributed by atoms with Crippen molar-refractivity contribution in [2.24, 2.45) is 0 Å². The zero-order valence-corrected chi connectivity index (χ0v) is 27.6. The molecule has 49 heavy (non-hydrogen) atoms. The van der Waals surface area contributed by atoms with Crippen LogP contribution in [0.4, 0.5) is 5.69 Å². The first-order chi connectivity index (χ1) is 24.0. The number of para-hydroxylation sites is 2. The van der Waals surface area contributed by atoms with Gasteiger partial charge in [-0.1, -0.05) is 108 Å². The molecule has 238 valence electrons. The van der Waals surface area contributed by atoms with Gasteiger partial charge in [0.1, 0.15) is 0 Å². The number of allylic oxidation sites excluding steroid dienone is 1. The Labute approximate surface area is 292 Å². The number of nitrogens with zero attached hydrogens (tertiary/aromatic N) is 4. The third-order valence-corrected chi connectivity index (χ3v) is 8.94. The third-order valence-electron chi connectivity index (χ3n) is 7.76. The van der Waals surface area contributed by atoms with Gasteiger partial charge >= 0.3 is 0 Å². The molecule has 1 N–H and O–H groups in total. The molecule has 2 aromatic heterocycles. The van der Waals surface area contributed by atoms with Gasteiger partial charge in [-0.3, -0.25) is 14.2 Å². The molecule has 0 spiro atoms. The highest BCUT2D eigenvalue weighted by atomic mass is 35.5. The number of aromatic nitrogens is 4. The van der Waals surface area contributed by atoms with Gasteiger partial charge in [-0.2, -0.15) is 0 Å². The van der Waals surface area contributed by atoms with Gasteiger partial charge in [-0.05, 0) is 72.3 Å². The molecular formula is C40H28ClN5O2S. The minimum absolute atomic E-state index is 0.0990. The molecule has 2 heterocycles. The Morgan fingerprint density at radius 1 is 0.776 bits per heavy atom. The highest BCUT2D eigenvalue weighted by Gasteiger charge is 2.20. The van der Waals surface area contributed by atoms with E-state index in [0.717, 1.165) is 39.0 Å². The maximum Gasteiger partial charge on any atom is 0.234 e. The fraction of sp³-hybridized carbons (Fsp3) is 0.0250. The monoisotopic (exact) mass is 677 g/mol. The molecule has 0 saturated heterocycles. The molecule has 0 atom stereocenters. The first-order valence-electron chi connectivity index (χ1n) is 15.5. The molecule has 0 aliphatic carbocycles. The number of carbonyl (C=O) groups is 2. The topological polar surface area (TPSA) is 89.8 Å². The van der Waals surface area contributed by atoms with Gasteiger partial charge < -0.3 is 5.32 Å². The highest BCUT2D eigenvalue weighted by Crippen LogP contribution is 2.34. The summed E-state index contributed by atoms with van der Waals surface area (Å²) in [6.07, 6.45) is 3.26. The number of halogens is 1. The van der Waals surface area contributed by atoms with E-state index in [1.807, 2.05) is 108 Å². The molecule has 0 fully saturated rings. The summed E-state index contributed by atoms with van der Waals surface area (Å²) in [5.74, 6) is 0.395. The van der Waals surface area contributed by atoms with E-state index in [-0.39, 0.29) is 17.4 Å². The second-order valence-corrected chi connectivity index (χ2v) is 12.5. The fourth-order valence-corrected chi connectivity index (χ4v) is 6.23. The number of rotatable bonds is 10. The minimum Gasteiger partial charge on any atom is -0.325 e. The molecule has 7 aromatic rings. The van der Waals surface area contributed by atoms with Crippen molar-refractivity contribution in [3.8, 4) is 28.3 Å². The molecule has 9 heteroatoms. The van der Waals surface area contributed by atoms with Gasteiger partial charge in [0.05, 0.1) is 17.0 Å². The molecule has 7 rings (SSSR count).